The molecule has 1 aliphatic rings. The third kappa shape index (κ3) is 2.88. The fourth-order valence-corrected chi connectivity index (χ4v) is 2.29. The lowest BCUT2D eigenvalue weighted by Gasteiger charge is -2.39. The second kappa shape index (κ2) is 4.79. The van der Waals surface area contributed by atoms with Gasteiger partial charge in [0, 0.05) is 18.0 Å². The van der Waals surface area contributed by atoms with Crippen LogP contribution in [-0.2, 0) is 4.74 Å². The lowest BCUT2D eigenvalue weighted by molar-refractivity contribution is -0.0999. The third-order valence-corrected chi connectivity index (χ3v) is 3.64. The molecule has 0 saturated carbocycles. The van der Waals surface area contributed by atoms with E-state index in [1.54, 1.807) is 0 Å². The molecule has 1 aliphatic heterocycles. The van der Waals surface area contributed by atoms with E-state index in [0.717, 1.165) is 19.8 Å². The molecule has 1 N–H and O–H groups in total. The second-order valence-electron chi connectivity index (χ2n) is 5.77. The molecule has 1 fully saturated rings. The topological polar surface area (TPSA) is 21.3 Å². The highest BCUT2D eigenvalue weighted by Gasteiger charge is 2.33. The average Bonchev–Trinajstić information content (AvgIpc) is 2.26. The van der Waals surface area contributed by atoms with E-state index in [-0.39, 0.29) is 0 Å². The first kappa shape index (κ1) is 12.6. The highest BCUT2D eigenvalue weighted by Crippen LogP contribution is 2.27. The van der Waals surface area contributed by atoms with Crippen LogP contribution in [0.15, 0.2) is 18.2 Å². The molecular formula is C15H23NO. The predicted molar refractivity (Wildman–Crippen MR) is 71.3 cm³/mol. The summed E-state index contributed by atoms with van der Waals surface area (Å²) in [6.07, 6.45) is 0. The summed E-state index contributed by atoms with van der Waals surface area (Å²) in [4.78, 5) is 0. The molecule has 0 amide bonds. The van der Waals surface area contributed by atoms with Gasteiger partial charge in [0.25, 0.3) is 0 Å². The Balaban J connectivity index is 1.99. The summed E-state index contributed by atoms with van der Waals surface area (Å²) >= 11 is 0. The molecule has 0 spiro atoms. The minimum atomic E-state index is 0.339. The van der Waals surface area contributed by atoms with Gasteiger partial charge in [-0.05, 0) is 31.9 Å². The largest absolute Gasteiger partial charge is 0.380 e. The van der Waals surface area contributed by atoms with Gasteiger partial charge in [0.05, 0.1) is 13.2 Å². The number of benzene rings is 1. The van der Waals surface area contributed by atoms with Crippen LogP contribution in [0.4, 0.5) is 0 Å². The Kier molecular flexibility index (Phi) is 3.55. The molecule has 0 bridgehead atoms. The van der Waals surface area contributed by atoms with Gasteiger partial charge in [-0.15, -0.1) is 0 Å². The summed E-state index contributed by atoms with van der Waals surface area (Å²) < 4.78 is 5.28. The van der Waals surface area contributed by atoms with Crippen LogP contribution in [0.1, 0.15) is 36.6 Å². The van der Waals surface area contributed by atoms with Crippen LogP contribution in [0.2, 0.25) is 0 Å². The molecule has 1 heterocycles. The number of nitrogens with one attached hydrogen (secondary N) is 1. The molecule has 1 atom stereocenters. The molecule has 2 heteroatoms. The van der Waals surface area contributed by atoms with Gasteiger partial charge in [0.2, 0.25) is 0 Å². The Labute approximate surface area is 104 Å². The van der Waals surface area contributed by atoms with E-state index in [0.29, 0.717) is 11.5 Å². The van der Waals surface area contributed by atoms with Gasteiger partial charge in [-0.1, -0.05) is 30.7 Å². The van der Waals surface area contributed by atoms with Crippen molar-refractivity contribution in [3.63, 3.8) is 0 Å². The lowest BCUT2D eigenvalue weighted by atomic mass is 9.88. The van der Waals surface area contributed by atoms with E-state index < -0.39 is 0 Å². The first-order valence-electron chi connectivity index (χ1n) is 6.38. The summed E-state index contributed by atoms with van der Waals surface area (Å²) in [7, 11) is 0. The molecule has 0 aromatic heterocycles. The van der Waals surface area contributed by atoms with Gasteiger partial charge in [-0.2, -0.15) is 0 Å². The van der Waals surface area contributed by atoms with E-state index in [9.17, 15) is 0 Å². The molecule has 17 heavy (non-hydrogen) atoms. The van der Waals surface area contributed by atoms with Crippen molar-refractivity contribution in [2.45, 2.75) is 33.7 Å². The van der Waals surface area contributed by atoms with Crippen LogP contribution < -0.4 is 5.32 Å². The molecule has 0 aliphatic carbocycles. The molecular weight excluding hydrogens is 210 g/mol. The molecule has 94 valence electrons. The zero-order valence-corrected chi connectivity index (χ0v) is 11.3. The van der Waals surface area contributed by atoms with Crippen molar-refractivity contribution < 1.29 is 4.74 Å². The summed E-state index contributed by atoms with van der Waals surface area (Å²) in [5.74, 6) is 0. The van der Waals surface area contributed by atoms with Gasteiger partial charge >= 0.3 is 0 Å². The maximum Gasteiger partial charge on any atom is 0.0554 e. The molecule has 1 saturated heterocycles. The molecule has 2 nitrogen and oxygen atoms in total. The quantitative estimate of drug-likeness (QED) is 0.863. The fraction of sp³-hybridized carbons (Fsp3) is 0.600. The Morgan fingerprint density at radius 3 is 2.65 bits per heavy atom. The van der Waals surface area contributed by atoms with Crippen molar-refractivity contribution in [2.24, 2.45) is 5.41 Å². The minimum absolute atomic E-state index is 0.339. The van der Waals surface area contributed by atoms with Crippen LogP contribution in [-0.4, -0.2) is 19.8 Å². The van der Waals surface area contributed by atoms with E-state index in [4.69, 9.17) is 4.74 Å². The van der Waals surface area contributed by atoms with Crippen molar-refractivity contribution in [3.8, 4) is 0 Å². The maximum absolute atomic E-state index is 5.28. The monoisotopic (exact) mass is 233 g/mol. The number of hydrogen-bond acceptors (Lipinski definition) is 2. The smallest absolute Gasteiger partial charge is 0.0554 e. The van der Waals surface area contributed by atoms with Gasteiger partial charge in [0.1, 0.15) is 0 Å². The highest BCUT2D eigenvalue weighted by molar-refractivity contribution is 5.32. The first-order chi connectivity index (χ1) is 8.00. The minimum Gasteiger partial charge on any atom is -0.380 e. The normalized spacial score (nSPS) is 19.8. The standard InChI is InChI=1S/C15H23NO/c1-11-5-6-12(2)14(7-11)13(3)16-8-15(4)9-17-10-15/h5-7,13,16H,8-10H2,1-4H3. The molecule has 1 aromatic rings. The molecule has 0 radical (unpaired) electrons. The van der Waals surface area contributed by atoms with Crippen molar-refractivity contribution in [3.05, 3.63) is 34.9 Å². The first-order valence-corrected chi connectivity index (χ1v) is 6.38. The van der Waals surface area contributed by atoms with Crippen LogP contribution in [0.3, 0.4) is 0 Å². The maximum atomic E-state index is 5.28. The Morgan fingerprint density at radius 2 is 2.06 bits per heavy atom. The Hall–Kier alpha value is -0.860. The molecule has 1 aromatic carbocycles. The van der Waals surface area contributed by atoms with E-state index in [2.05, 4.69) is 51.2 Å². The summed E-state index contributed by atoms with van der Waals surface area (Å²) in [5, 5.41) is 3.63. The number of rotatable bonds is 4. The Bertz CT molecular complexity index is 396. The Morgan fingerprint density at radius 1 is 1.35 bits per heavy atom. The number of ether oxygens (including phenoxy) is 1. The van der Waals surface area contributed by atoms with Crippen LogP contribution in [0.5, 0.6) is 0 Å². The average molecular weight is 233 g/mol. The number of hydrogen-bond donors (Lipinski definition) is 1. The van der Waals surface area contributed by atoms with Crippen LogP contribution >= 0.6 is 0 Å². The number of aryl methyl sites for hydroxylation is 2. The summed E-state index contributed by atoms with van der Waals surface area (Å²) in [6, 6.07) is 7.07. The van der Waals surface area contributed by atoms with E-state index in [1.807, 2.05) is 0 Å². The second-order valence-corrected chi connectivity index (χ2v) is 5.77. The summed E-state index contributed by atoms with van der Waals surface area (Å²) in [5.41, 5.74) is 4.45. The van der Waals surface area contributed by atoms with Crippen LogP contribution in [0, 0.1) is 19.3 Å². The van der Waals surface area contributed by atoms with Crippen molar-refractivity contribution in [2.75, 3.05) is 19.8 Å². The van der Waals surface area contributed by atoms with Crippen molar-refractivity contribution >= 4 is 0 Å². The molecule has 1 unspecified atom stereocenters. The van der Waals surface area contributed by atoms with Crippen molar-refractivity contribution in [1.29, 1.82) is 0 Å². The van der Waals surface area contributed by atoms with E-state index in [1.165, 1.54) is 16.7 Å². The van der Waals surface area contributed by atoms with Crippen molar-refractivity contribution in [1.82, 2.24) is 5.32 Å². The van der Waals surface area contributed by atoms with Gasteiger partial charge in [-0.3, -0.25) is 0 Å². The zero-order chi connectivity index (χ0) is 12.5. The summed E-state index contributed by atoms with van der Waals surface area (Å²) in [6.45, 7) is 11.7. The zero-order valence-electron chi connectivity index (χ0n) is 11.3. The van der Waals surface area contributed by atoms with E-state index >= 15 is 0 Å². The molecule has 2 rings (SSSR count). The lowest BCUT2D eigenvalue weighted by Crippen LogP contribution is -2.47. The SMILES string of the molecule is Cc1ccc(C)c(C(C)NCC2(C)COC2)c1. The predicted octanol–water partition coefficient (Wildman–Crippen LogP) is 2.99. The van der Waals surface area contributed by atoms with Gasteiger partial charge in [-0.25, -0.2) is 0 Å². The van der Waals surface area contributed by atoms with Gasteiger partial charge in [0.15, 0.2) is 0 Å². The highest BCUT2D eigenvalue weighted by atomic mass is 16.5. The third-order valence-electron chi connectivity index (χ3n) is 3.64. The fourth-order valence-electron chi connectivity index (χ4n) is 2.29. The van der Waals surface area contributed by atoms with Crippen LogP contribution in [0.25, 0.3) is 0 Å². The van der Waals surface area contributed by atoms with Gasteiger partial charge < -0.3 is 10.1 Å².